The summed E-state index contributed by atoms with van der Waals surface area (Å²) in [5, 5.41) is 7.07. The Balaban J connectivity index is 2.80. The van der Waals surface area contributed by atoms with Gasteiger partial charge in [0, 0.05) is 0 Å². The second-order valence-electron chi connectivity index (χ2n) is 3.41. The van der Waals surface area contributed by atoms with Gasteiger partial charge in [-0.15, -0.1) is 0 Å². The summed E-state index contributed by atoms with van der Waals surface area (Å²) in [4.78, 5) is 0. The molecular weight excluding hydrogens is 292 g/mol. The molecule has 0 radical (unpaired) electrons. The third kappa shape index (κ3) is 3.68. The number of nitrogens with two attached hydrogens (primary N) is 1. The third-order valence-electron chi connectivity index (χ3n) is 2.09. The number of amidine groups is 1. The van der Waals surface area contributed by atoms with Crippen molar-refractivity contribution >= 4 is 29.0 Å². The first-order valence-corrected chi connectivity index (χ1v) is 5.46. The topological polar surface area (TPSA) is 59.1 Å². The summed E-state index contributed by atoms with van der Waals surface area (Å²) in [7, 11) is 0. The van der Waals surface area contributed by atoms with Crippen LogP contribution in [0.1, 0.15) is 0 Å². The van der Waals surface area contributed by atoms with Crippen molar-refractivity contribution in [1.29, 1.82) is 5.41 Å². The first-order chi connectivity index (χ1) is 8.23. The Morgan fingerprint density at radius 3 is 2.50 bits per heavy atom. The molecule has 0 spiro atoms. The van der Waals surface area contributed by atoms with Crippen molar-refractivity contribution in [2.75, 3.05) is 6.61 Å². The van der Waals surface area contributed by atoms with Gasteiger partial charge in [-0.3, -0.25) is 5.41 Å². The summed E-state index contributed by atoms with van der Waals surface area (Å²) >= 11 is 11.4. The molecule has 1 rings (SSSR count). The maximum Gasteiger partial charge on any atom is 0.401 e. The lowest BCUT2D eigenvalue weighted by Crippen LogP contribution is -2.39. The van der Waals surface area contributed by atoms with Gasteiger partial charge in [0.2, 0.25) is 0 Å². The van der Waals surface area contributed by atoms with E-state index in [0.29, 0.717) is 0 Å². The van der Waals surface area contributed by atoms with Gasteiger partial charge < -0.3 is 10.5 Å². The Morgan fingerprint density at radius 2 is 2.00 bits per heavy atom. The van der Waals surface area contributed by atoms with Crippen LogP contribution in [0.4, 0.5) is 13.2 Å². The lowest BCUT2D eigenvalue weighted by Gasteiger charge is -2.19. The van der Waals surface area contributed by atoms with Crippen molar-refractivity contribution in [3.63, 3.8) is 0 Å². The Hall–Kier alpha value is -1.14. The third-order valence-corrected chi connectivity index (χ3v) is 2.89. The predicted octanol–water partition coefficient (Wildman–Crippen LogP) is 3.49. The molecule has 3 nitrogen and oxygen atoms in total. The molecule has 0 fully saturated rings. The minimum atomic E-state index is -4.64. The van der Waals surface area contributed by atoms with Gasteiger partial charge >= 0.3 is 6.18 Å². The van der Waals surface area contributed by atoms with E-state index in [-0.39, 0.29) is 15.8 Å². The Morgan fingerprint density at radius 1 is 1.39 bits per heavy atom. The van der Waals surface area contributed by atoms with Crippen LogP contribution in [-0.4, -0.2) is 18.6 Å². The first-order valence-electron chi connectivity index (χ1n) is 4.71. The molecule has 0 aliphatic heterocycles. The van der Waals surface area contributed by atoms with E-state index in [1.165, 1.54) is 18.2 Å². The molecule has 0 saturated heterocycles. The zero-order valence-corrected chi connectivity index (χ0v) is 10.4. The van der Waals surface area contributed by atoms with Gasteiger partial charge in [-0.2, -0.15) is 13.2 Å². The Bertz CT molecular complexity index is 451. The summed E-state index contributed by atoms with van der Waals surface area (Å²) in [6.45, 7) is -0.821. The van der Waals surface area contributed by atoms with Crippen molar-refractivity contribution < 1.29 is 17.9 Å². The molecule has 0 aliphatic carbocycles. The van der Waals surface area contributed by atoms with E-state index >= 15 is 0 Å². The number of alkyl halides is 3. The molecule has 18 heavy (non-hydrogen) atoms. The maximum atomic E-state index is 12.5. The summed E-state index contributed by atoms with van der Waals surface area (Å²) in [6.07, 6.45) is -4.64. The highest BCUT2D eigenvalue weighted by molar-refractivity contribution is 6.42. The van der Waals surface area contributed by atoms with E-state index < -0.39 is 24.5 Å². The van der Waals surface area contributed by atoms with Crippen molar-refractivity contribution in [3.8, 4) is 5.75 Å². The van der Waals surface area contributed by atoms with Crippen LogP contribution in [0.5, 0.6) is 5.75 Å². The molecule has 8 heteroatoms. The SMILES string of the molecule is N=C(N)C(COc1cccc(Cl)c1Cl)C(F)(F)F. The second-order valence-corrected chi connectivity index (χ2v) is 4.20. The lowest BCUT2D eigenvalue weighted by atomic mass is 10.1. The molecule has 3 N–H and O–H groups in total. The molecule has 1 aromatic carbocycles. The van der Waals surface area contributed by atoms with Gasteiger partial charge in [0.05, 0.1) is 5.02 Å². The van der Waals surface area contributed by atoms with E-state index in [1.54, 1.807) is 0 Å². The average Bonchev–Trinajstić information content (AvgIpc) is 2.22. The number of halogens is 5. The maximum absolute atomic E-state index is 12.5. The molecule has 0 amide bonds. The van der Waals surface area contributed by atoms with Crippen LogP contribution in [0.15, 0.2) is 18.2 Å². The number of rotatable bonds is 4. The van der Waals surface area contributed by atoms with E-state index in [9.17, 15) is 13.2 Å². The van der Waals surface area contributed by atoms with Crippen LogP contribution in [0, 0.1) is 11.3 Å². The van der Waals surface area contributed by atoms with Gasteiger partial charge in [-0.05, 0) is 12.1 Å². The Labute approximate surface area is 111 Å². The molecular formula is C10H9Cl2F3N2O. The zero-order valence-electron chi connectivity index (χ0n) is 8.89. The van der Waals surface area contributed by atoms with Crippen molar-refractivity contribution in [3.05, 3.63) is 28.2 Å². The van der Waals surface area contributed by atoms with Crippen molar-refractivity contribution in [1.82, 2.24) is 0 Å². The monoisotopic (exact) mass is 300 g/mol. The quantitative estimate of drug-likeness (QED) is 0.660. The fourth-order valence-electron chi connectivity index (χ4n) is 1.13. The van der Waals surface area contributed by atoms with Crippen LogP contribution in [0.25, 0.3) is 0 Å². The van der Waals surface area contributed by atoms with Crippen LogP contribution >= 0.6 is 23.2 Å². The molecule has 1 unspecified atom stereocenters. The number of ether oxygens (including phenoxy) is 1. The molecule has 0 saturated carbocycles. The van der Waals surface area contributed by atoms with Gasteiger partial charge in [-0.25, -0.2) is 0 Å². The van der Waals surface area contributed by atoms with E-state index in [1.807, 2.05) is 0 Å². The first kappa shape index (κ1) is 14.9. The fraction of sp³-hybridized carbons (Fsp3) is 0.300. The normalized spacial score (nSPS) is 13.2. The van der Waals surface area contributed by atoms with Crippen LogP contribution < -0.4 is 10.5 Å². The molecule has 100 valence electrons. The lowest BCUT2D eigenvalue weighted by molar-refractivity contribution is -0.162. The van der Waals surface area contributed by atoms with Crippen LogP contribution in [0.2, 0.25) is 10.0 Å². The van der Waals surface area contributed by atoms with Crippen LogP contribution in [-0.2, 0) is 0 Å². The number of hydrogen-bond acceptors (Lipinski definition) is 2. The largest absolute Gasteiger partial charge is 0.491 e. The summed E-state index contributed by atoms with van der Waals surface area (Å²) < 4.78 is 42.4. The minimum Gasteiger partial charge on any atom is -0.491 e. The van der Waals surface area contributed by atoms with Crippen molar-refractivity contribution in [2.45, 2.75) is 6.18 Å². The summed E-state index contributed by atoms with van der Waals surface area (Å²) in [6, 6.07) is 4.34. The van der Waals surface area contributed by atoms with Gasteiger partial charge in [0.25, 0.3) is 0 Å². The summed E-state index contributed by atoms with van der Waals surface area (Å²) in [5.41, 5.74) is 4.88. The second kappa shape index (κ2) is 5.67. The average molecular weight is 301 g/mol. The number of nitrogens with one attached hydrogen (secondary N) is 1. The summed E-state index contributed by atoms with van der Waals surface area (Å²) in [5.74, 6) is -3.17. The standard InChI is InChI=1S/C10H9Cl2F3N2O/c11-6-2-1-3-7(8(6)12)18-4-5(9(16)17)10(13,14)15/h1-3,5H,4H2,(H3,16,17). The zero-order chi connectivity index (χ0) is 13.9. The fourth-order valence-corrected chi connectivity index (χ4v) is 1.48. The van der Waals surface area contributed by atoms with E-state index in [0.717, 1.165) is 0 Å². The highest BCUT2D eigenvalue weighted by atomic mass is 35.5. The van der Waals surface area contributed by atoms with E-state index in [2.05, 4.69) is 0 Å². The molecule has 0 bridgehead atoms. The van der Waals surface area contributed by atoms with Gasteiger partial charge in [0.1, 0.15) is 29.1 Å². The van der Waals surface area contributed by atoms with Crippen molar-refractivity contribution in [2.24, 2.45) is 11.7 Å². The highest BCUT2D eigenvalue weighted by Gasteiger charge is 2.42. The van der Waals surface area contributed by atoms with Crippen LogP contribution in [0.3, 0.4) is 0 Å². The molecule has 1 atom stereocenters. The molecule has 1 aromatic rings. The van der Waals surface area contributed by atoms with Gasteiger partial charge in [0.15, 0.2) is 0 Å². The minimum absolute atomic E-state index is 0.0136. The Kier molecular flexibility index (Phi) is 4.70. The molecule has 0 aliphatic rings. The predicted molar refractivity (Wildman–Crippen MR) is 63.4 cm³/mol. The molecule has 0 heterocycles. The van der Waals surface area contributed by atoms with E-state index in [4.69, 9.17) is 39.1 Å². The number of benzene rings is 1. The van der Waals surface area contributed by atoms with Gasteiger partial charge in [-0.1, -0.05) is 29.3 Å². The smallest absolute Gasteiger partial charge is 0.401 e. The highest BCUT2D eigenvalue weighted by Crippen LogP contribution is 2.33. The number of hydrogen-bond donors (Lipinski definition) is 2. The molecule has 0 aromatic heterocycles.